The molecule has 1 aliphatic heterocycles. The van der Waals surface area contributed by atoms with Crippen molar-refractivity contribution in [1.29, 1.82) is 5.26 Å². The number of para-hydroxylation sites is 1. The normalized spacial score (nSPS) is 14.6. The highest BCUT2D eigenvalue weighted by Gasteiger charge is 2.22. The van der Waals surface area contributed by atoms with Crippen LogP contribution in [0.1, 0.15) is 11.3 Å². The number of benzene rings is 2. The number of aryl methyl sites for hydroxylation is 1. The molecule has 0 amide bonds. The number of nitriles is 1. The molecule has 5 nitrogen and oxygen atoms in total. The summed E-state index contributed by atoms with van der Waals surface area (Å²) in [6, 6.07) is 18.8. The standard InChI is InChI=1S/C20H19N5/c1-15-7-8-18-17(13-15)20(19(14-21)23-22-18)25-11-9-24(10-12-25)16-5-3-2-4-6-16/h2-8,13H,9-12H2,1H3. The van der Waals surface area contributed by atoms with E-state index in [1.807, 2.05) is 18.2 Å². The summed E-state index contributed by atoms with van der Waals surface area (Å²) in [4.78, 5) is 4.65. The first-order valence-electron chi connectivity index (χ1n) is 8.48. The van der Waals surface area contributed by atoms with Gasteiger partial charge in [0.15, 0.2) is 5.69 Å². The summed E-state index contributed by atoms with van der Waals surface area (Å²) in [6.45, 7) is 5.62. The lowest BCUT2D eigenvalue weighted by molar-refractivity contribution is 0.653. The number of piperazine rings is 1. The molecule has 1 aromatic heterocycles. The SMILES string of the molecule is Cc1ccc2nnc(C#N)c(N3CCN(c4ccccc4)CC3)c2c1. The molecule has 25 heavy (non-hydrogen) atoms. The van der Waals surface area contributed by atoms with Gasteiger partial charge in [0.05, 0.1) is 11.2 Å². The zero-order chi connectivity index (χ0) is 17.2. The second kappa shape index (κ2) is 6.40. The smallest absolute Gasteiger partial charge is 0.187 e. The molecule has 124 valence electrons. The summed E-state index contributed by atoms with van der Waals surface area (Å²) < 4.78 is 0. The van der Waals surface area contributed by atoms with Crippen LogP contribution in [0.2, 0.25) is 0 Å². The maximum absolute atomic E-state index is 9.52. The van der Waals surface area contributed by atoms with E-state index in [0.717, 1.165) is 48.3 Å². The molecule has 0 radical (unpaired) electrons. The van der Waals surface area contributed by atoms with Crippen molar-refractivity contribution in [1.82, 2.24) is 10.2 Å². The van der Waals surface area contributed by atoms with Gasteiger partial charge in [-0.15, -0.1) is 10.2 Å². The molecule has 2 aromatic carbocycles. The molecule has 0 spiro atoms. The van der Waals surface area contributed by atoms with Crippen LogP contribution in [0.4, 0.5) is 11.4 Å². The van der Waals surface area contributed by atoms with Crippen molar-refractivity contribution in [2.24, 2.45) is 0 Å². The second-order valence-electron chi connectivity index (χ2n) is 6.34. The summed E-state index contributed by atoms with van der Waals surface area (Å²) in [5.41, 5.74) is 4.57. The third-order valence-electron chi connectivity index (χ3n) is 4.71. The van der Waals surface area contributed by atoms with Gasteiger partial charge in [-0.2, -0.15) is 5.26 Å². The highest BCUT2D eigenvalue weighted by atomic mass is 15.3. The molecule has 4 rings (SSSR count). The van der Waals surface area contributed by atoms with Crippen LogP contribution >= 0.6 is 0 Å². The van der Waals surface area contributed by atoms with Crippen LogP contribution in [0, 0.1) is 18.3 Å². The third kappa shape index (κ3) is 2.87. The summed E-state index contributed by atoms with van der Waals surface area (Å²) in [6.07, 6.45) is 0. The molecular weight excluding hydrogens is 310 g/mol. The Kier molecular flexibility index (Phi) is 3.95. The lowest BCUT2D eigenvalue weighted by Gasteiger charge is -2.37. The average molecular weight is 329 g/mol. The average Bonchev–Trinajstić information content (AvgIpc) is 2.68. The topological polar surface area (TPSA) is 56.1 Å². The first-order chi connectivity index (χ1) is 12.3. The molecule has 0 bridgehead atoms. The lowest BCUT2D eigenvalue weighted by Crippen LogP contribution is -2.47. The number of anilines is 2. The van der Waals surface area contributed by atoms with Crippen LogP contribution in [-0.2, 0) is 0 Å². The van der Waals surface area contributed by atoms with Gasteiger partial charge >= 0.3 is 0 Å². The van der Waals surface area contributed by atoms with Gasteiger partial charge < -0.3 is 9.80 Å². The molecule has 0 aliphatic carbocycles. The Morgan fingerprint density at radius 3 is 2.36 bits per heavy atom. The Hall–Kier alpha value is -3.13. The van der Waals surface area contributed by atoms with Gasteiger partial charge in [-0.1, -0.05) is 29.8 Å². The number of fused-ring (bicyclic) bond motifs is 1. The molecular formula is C20H19N5. The fraction of sp³-hybridized carbons (Fsp3) is 0.250. The summed E-state index contributed by atoms with van der Waals surface area (Å²) in [5, 5.41) is 18.9. The van der Waals surface area contributed by atoms with Crippen molar-refractivity contribution in [3.05, 3.63) is 59.8 Å². The molecule has 0 N–H and O–H groups in total. The van der Waals surface area contributed by atoms with Gasteiger partial charge in [0, 0.05) is 37.3 Å². The van der Waals surface area contributed by atoms with Crippen LogP contribution in [0.15, 0.2) is 48.5 Å². The molecule has 2 heterocycles. The van der Waals surface area contributed by atoms with E-state index < -0.39 is 0 Å². The van der Waals surface area contributed by atoms with E-state index in [9.17, 15) is 5.26 Å². The number of hydrogen-bond acceptors (Lipinski definition) is 5. The Bertz CT molecular complexity index is 937. The van der Waals surface area contributed by atoms with Crippen LogP contribution in [-0.4, -0.2) is 36.4 Å². The molecule has 3 aromatic rings. The van der Waals surface area contributed by atoms with Gasteiger partial charge in [-0.25, -0.2) is 0 Å². The van der Waals surface area contributed by atoms with Crippen LogP contribution < -0.4 is 9.80 Å². The number of aromatic nitrogens is 2. The van der Waals surface area contributed by atoms with E-state index in [4.69, 9.17) is 0 Å². The molecule has 1 saturated heterocycles. The minimum absolute atomic E-state index is 0.409. The fourth-order valence-electron chi connectivity index (χ4n) is 3.43. The van der Waals surface area contributed by atoms with Gasteiger partial charge in [-0.3, -0.25) is 0 Å². The van der Waals surface area contributed by atoms with Crippen molar-refractivity contribution >= 4 is 22.3 Å². The third-order valence-corrected chi connectivity index (χ3v) is 4.71. The molecule has 5 heteroatoms. The van der Waals surface area contributed by atoms with E-state index in [-0.39, 0.29) is 0 Å². The molecule has 0 unspecified atom stereocenters. The zero-order valence-corrected chi connectivity index (χ0v) is 14.2. The molecule has 0 atom stereocenters. The fourth-order valence-corrected chi connectivity index (χ4v) is 3.43. The monoisotopic (exact) mass is 329 g/mol. The Morgan fingerprint density at radius 2 is 1.64 bits per heavy atom. The van der Waals surface area contributed by atoms with E-state index in [0.29, 0.717) is 5.69 Å². The van der Waals surface area contributed by atoms with Gasteiger partial charge in [0.25, 0.3) is 0 Å². The summed E-state index contributed by atoms with van der Waals surface area (Å²) >= 11 is 0. The van der Waals surface area contributed by atoms with Crippen LogP contribution in [0.5, 0.6) is 0 Å². The second-order valence-corrected chi connectivity index (χ2v) is 6.34. The maximum atomic E-state index is 9.52. The minimum Gasteiger partial charge on any atom is -0.368 e. The van der Waals surface area contributed by atoms with Gasteiger partial charge in [-0.05, 0) is 31.2 Å². The highest BCUT2D eigenvalue weighted by Crippen LogP contribution is 2.30. The molecule has 1 aliphatic rings. The zero-order valence-electron chi connectivity index (χ0n) is 14.2. The number of hydrogen-bond donors (Lipinski definition) is 0. The van der Waals surface area contributed by atoms with E-state index in [1.54, 1.807) is 0 Å². The first kappa shape index (κ1) is 15.4. The maximum Gasteiger partial charge on any atom is 0.187 e. The van der Waals surface area contributed by atoms with E-state index >= 15 is 0 Å². The van der Waals surface area contributed by atoms with Crippen LogP contribution in [0.25, 0.3) is 10.9 Å². The predicted octanol–water partition coefficient (Wildman–Crippen LogP) is 3.14. The first-order valence-corrected chi connectivity index (χ1v) is 8.48. The Labute approximate surface area is 147 Å². The summed E-state index contributed by atoms with van der Waals surface area (Å²) in [7, 11) is 0. The number of nitrogens with zero attached hydrogens (tertiary/aromatic N) is 5. The highest BCUT2D eigenvalue weighted by molar-refractivity contribution is 5.94. The molecule has 0 saturated carbocycles. The Balaban J connectivity index is 1.67. The predicted molar refractivity (Wildman–Crippen MR) is 99.9 cm³/mol. The van der Waals surface area contributed by atoms with Crippen molar-refractivity contribution in [2.45, 2.75) is 6.92 Å². The van der Waals surface area contributed by atoms with Gasteiger partial charge in [0.2, 0.25) is 0 Å². The molecule has 1 fully saturated rings. The largest absolute Gasteiger partial charge is 0.368 e. The van der Waals surface area contributed by atoms with Crippen molar-refractivity contribution < 1.29 is 0 Å². The van der Waals surface area contributed by atoms with Crippen molar-refractivity contribution in [3.8, 4) is 6.07 Å². The lowest BCUT2D eigenvalue weighted by atomic mass is 10.1. The quantitative estimate of drug-likeness (QED) is 0.723. The van der Waals surface area contributed by atoms with E-state index in [2.05, 4.69) is 63.3 Å². The number of rotatable bonds is 2. The van der Waals surface area contributed by atoms with Crippen molar-refractivity contribution in [3.63, 3.8) is 0 Å². The minimum atomic E-state index is 0.409. The van der Waals surface area contributed by atoms with Crippen molar-refractivity contribution in [2.75, 3.05) is 36.0 Å². The summed E-state index contributed by atoms with van der Waals surface area (Å²) in [5.74, 6) is 0. The van der Waals surface area contributed by atoms with Gasteiger partial charge in [0.1, 0.15) is 6.07 Å². The van der Waals surface area contributed by atoms with Crippen LogP contribution in [0.3, 0.4) is 0 Å². The van der Waals surface area contributed by atoms with E-state index in [1.165, 1.54) is 5.69 Å². The Morgan fingerprint density at radius 1 is 0.920 bits per heavy atom.